The number of likely N-dealkylation sites (tertiary alicyclic amines) is 1. The predicted octanol–water partition coefficient (Wildman–Crippen LogP) is 6.03. The Bertz CT molecular complexity index is 1600. The van der Waals surface area contributed by atoms with E-state index in [0.29, 0.717) is 23.4 Å². The molecule has 2 aliphatic carbocycles. The minimum atomic E-state index is -0.437. The lowest BCUT2D eigenvalue weighted by atomic mass is 9.60. The second-order valence-electron chi connectivity index (χ2n) is 13.5. The third-order valence-corrected chi connectivity index (χ3v) is 9.43. The first kappa shape index (κ1) is 26.3. The van der Waals surface area contributed by atoms with Crippen LogP contribution in [0.4, 0.5) is 4.79 Å². The van der Waals surface area contributed by atoms with Crippen molar-refractivity contribution in [3.8, 4) is 17.0 Å². The Hall–Kier alpha value is -3.65. The smallest absolute Gasteiger partial charge is 0.410 e. The summed E-state index contributed by atoms with van der Waals surface area (Å²) in [6.07, 6.45) is 10.1. The summed E-state index contributed by atoms with van der Waals surface area (Å²) in [5, 5.41) is 2.39. The van der Waals surface area contributed by atoms with Gasteiger partial charge < -0.3 is 23.8 Å². The second kappa shape index (κ2) is 9.44. The lowest BCUT2D eigenvalue weighted by Crippen LogP contribution is -2.69. The van der Waals surface area contributed by atoms with Crippen molar-refractivity contribution in [2.24, 2.45) is 12.5 Å². The molecule has 1 saturated heterocycles. The zero-order valence-electron chi connectivity index (χ0n) is 24.6. The molecular formula is C33H39N5O3. The van der Waals surface area contributed by atoms with E-state index in [1.54, 1.807) is 0 Å². The van der Waals surface area contributed by atoms with Crippen LogP contribution in [-0.4, -0.2) is 74.4 Å². The van der Waals surface area contributed by atoms with Crippen molar-refractivity contribution in [3.63, 3.8) is 0 Å². The quantitative estimate of drug-likeness (QED) is 0.301. The largest absolute Gasteiger partial charge is 0.474 e. The number of hydrogen-bond acceptors (Lipinski definition) is 6. The van der Waals surface area contributed by atoms with E-state index in [9.17, 15) is 4.79 Å². The first-order chi connectivity index (χ1) is 19.6. The number of amides is 1. The van der Waals surface area contributed by atoms with Gasteiger partial charge in [0.05, 0.1) is 5.52 Å². The number of fused-ring (bicyclic) bond motifs is 3. The zero-order valence-corrected chi connectivity index (χ0v) is 24.6. The van der Waals surface area contributed by atoms with Crippen molar-refractivity contribution in [1.29, 1.82) is 0 Å². The number of carbonyl (C=O) groups excluding carboxylic acids is 1. The Morgan fingerprint density at radius 1 is 0.976 bits per heavy atom. The standard InChI is InChI=1S/C33H39N5O3/c1-32(2,3)41-31(39)38-19-33(20-38)15-24(16-33)36(4)23-13-25(14-23)40-30-9-7-22(17-35-30)21-6-8-26-27-18-34-11-10-28(27)37(5)29(26)12-21/h6-12,17-18,23-25H,13-16,19-20H2,1-5H3. The van der Waals surface area contributed by atoms with Gasteiger partial charge in [0.1, 0.15) is 11.7 Å². The van der Waals surface area contributed by atoms with Crippen LogP contribution in [0.1, 0.15) is 46.5 Å². The van der Waals surface area contributed by atoms with Gasteiger partial charge in [-0.3, -0.25) is 4.98 Å². The van der Waals surface area contributed by atoms with Gasteiger partial charge in [0.25, 0.3) is 0 Å². The highest BCUT2D eigenvalue weighted by molar-refractivity contribution is 6.08. The molecule has 0 atom stereocenters. The van der Waals surface area contributed by atoms with E-state index in [1.807, 2.05) is 50.3 Å². The maximum absolute atomic E-state index is 12.3. The molecule has 0 N–H and O–H groups in total. The topological polar surface area (TPSA) is 72.7 Å². The molecule has 3 aromatic heterocycles. The van der Waals surface area contributed by atoms with E-state index in [1.165, 1.54) is 21.8 Å². The number of carbonyl (C=O) groups is 1. The fourth-order valence-corrected chi connectivity index (χ4v) is 6.99. The van der Waals surface area contributed by atoms with E-state index in [-0.39, 0.29) is 12.2 Å². The Morgan fingerprint density at radius 3 is 2.44 bits per heavy atom. The third-order valence-electron chi connectivity index (χ3n) is 9.43. The summed E-state index contributed by atoms with van der Waals surface area (Å²) in [5.74, 6) is 0.691. The van der Waals surface area contributed by atoms with Crippen LogP contribution in [0.5, 0.6) is 5.88 Å². The molecule has 41 heavy (non-hydrogen) atoms. The van der Waals surface area contributed by atoms with E-state index in [4.69, 9.17) is 9.47 Å². The average Bonchev–Trinajstić information content (AvgIpc) is 3.15. The number of aromatic nitrogens is 3. The lowest BCUT2D eigenvalue weighted by molar-refractivity contribution is -0.121. The van der Waals surface area contributed by atoms with Crippen molar-refractivity contribution in [2.75, 3.05) is 20.1 Å². The molecule has 2 saturated carbocycles. The van der Waals surface area contributed by atoms with Crippen LogP contribution < -0.4 is 4.74 Å². The third kappa shape index (κ3) is 4.72. The van der Waals surface area contributed by atoms with Crippen LogP contribution in [-0.2, 0) is 11.8 Å². The molecule has 8 heteroatoms. The molecule has 8 nitrogen and oxygen atoms in total. The first-order valence-electron chi connectivity index (χ1n) is 14.7. The molecule has 1 aromatic carbocycles. The number of hydrogen-bond donors (Lipinski definition) is 0. The monoisotopic (exact) mass is 553 g/mol. The van der Waals surface area contributed by atoms with Crippen molar-refractivity contribution in [2.45, 2.75) is 70.2 Å². The lowest BCUT2D eigenvalue weighted by Gasteiger charge is -2.61. The van der Waals surface area contributed by atoms with Gasteiger partial charge in [0.2, 0.25) is 5.88 Å². The van der Waals surface area contributed by atoms with Gasteiger partial charge >= 0.3 is 6.09 Å². The molecule has 4 heterocycles. The summed E-state index contributed by atoms with van der Waals surface area (Å²) in [7, 11) is 4.35. The molecule has 3 aliphatic rings. The zero-order chi connectivity index (χ0) is 28.5. The average molecular weight is 554 g/mol. The van der Waals surface area contributed by atoms with Gasteiger partial charge in [-0.2, -0.15) is 0 Å². The van der Waals surface area contributed by atoms with Gasteiger partial charge in [-0.05, 0) is 64.4 Å². The summed E-state index contributed by atoms with van der Waals surface area (Å²) in [4.78, 5) is 25.6. The molecule has 1 aliphatic heterocycles. The number of nitrogens with zero attached hydrogens (tertiary/aromatic N) is 5. The Labute approximate surface area is 241 Å². The summed E-state index contributed by atoms with van der Waals surface area (Å²) in [5.41, 5.74) is 4.45. The number of ether oxygens (including phenoxy) is 2. The molecular weight excluding hydrogens is 514 g/mol. The molecule has 0 unspecified atom stereocenters. The maximum Gasteiger partial charge on any atom is 0.410 e. The molecule has 214 valence electrons. The molecule has 0 bridgehead atoms. The molecule has 0 radical (unpaired) electrons. The molecule has 1 spiro atoms. The van der Waals surface area contributed by atoms with Gasteiger partial charge in [-0.25, -0.2) is 9.78 Å². The summed E-state index contributed by atoms with van der Waals surface area (Å²) in [6.45, 7) is 7.42. The first-order valence-corrected chi connectivity index (χ1v) is 14.7. The molecule has 7 rings (SSSR count). The van der Waals surface area contributed by atoms with E-state index < -0.39 is 5.60 Å². The number of rotatable bonds is 5. The SMILES string of the molecule is CN(C1CC(Oc2ccc(-c3ccc4c5cnccc5n(C)c4c3)cn2)C1)C1CC2(C1)CN(C(=O)OC(C)(C)C)C2. The molecule has 3 fully saturated rings. The van der Waals surface area contributed by atoms with Crippen LogP contribution in [0.15, 0.2) is 55.0 Å². The number of benzene rings is 1. The normalized spacial score (nSPS) is 22.0. The van der Waals surface area contributed by atoms with Crippen molar-refractivity contribution >= 4 is 27.9 Å². The molecule has 4 aromatic rings. The highest BCUT2D eigenvalue weighted by atomic mass is 16.6. The Morgan fingerprint density at radius 2 is 1.73 bits per heavy atom. The molecule has 1 amide bonds. The van der Waals surface area contributed by atoms with Gasteiger partial charge in [-0.15, -0.1) is 0 Å². The van der Waals surface area contributed by atoms with Crippen molar-refractivity contribution < 1.29 is 14.3 Å². The van der Waals surface area contributed by atoms with Crippen LogP contribution in [0.2, 0.25) is 0 Å². The highest BCUT2D eigenvalue weighted by Gasteiger charge is 2.56. The van der Waals surface area contributed by atoms with Gasteiger partial charge in [0, 0.05) is 97.0 Å². The van der Waals surface area contributed by atoms with E-state index in [0.717, 1.165) is 49.9 Å². The Balaban J connectivity index is 0.899. The Kier molecular flexibility index (Phi) is 6.05. The van der Waals surface area contributed by atoms with Crippen LogP contribution in [0.3, 0.4) is 0 Å². The summed E-state index contributed by atoms with van der Waals surface area (Å²) < 4.78 is 14.0. The fourth-order valence-electron chi connectivity index (χ4n) is 6.99. The van der Waals surface area contributed by atoms with E-state index >= 15 is 0 Å². The minimum Gasteiger partial charge on any atom is -0.474 e. The second-order valence-corrected chi connectivity index (χ2v) is 13.5. The highest BCUT2D eigenvalue weighted by Crippen LogP contribution is 2.51. The van der Waals surface area contributed by atoms with Crippen LogP contribution in [0, 0.1) is 5.41 Å². The number of pyridine rings is 2. The fraction of sp³-hybridized carbons (Fsp3) is 0.485. The summed E-state index contributed by atoms with van der Waals surface area (Å²) in [6, 6.07) is 13.8. The number of aryl methyl sites for hydroxylation is 1. The van der Waals surface area contributed by atoms with E-state index in [2.05, 4.69) is 63.9 Å². The van der Waals surface area contributed by atoms with Crippen molar-refractivity contribution in [3.05, 3.63) is 55.0 Å². The predicted molar refractivity (Wildman–Crippen MR) is 160 cm³/mol. The van der Waals surface area contributed by atoms with Crippen LogP contribution >= 0.6 is 0 Å². The van der Waals surface area contributed by atoms with Crippen LogP contribution in [0.25, 0.3) is 32.9 Å². The minimum absolute atomic E-state index is 0.177. The maximum atomic E-state index is 12.3. The summed E-state index contributed by atoms with van der Waals surface area (Å²) >= 11 is 0. The van der Waals surface area contributed by atoms with Crippen molar-refractivity contribution in [1.82, 2.24) is 24.3 Å². The van der Waals surface area contributed by atoms with Gasteiger partial charge in [-0.1, -0.05) is 12.1 Å². The van der Waals surface area contributed by atoms with Gasteiger partial charge in [0.15, 0.2) is 0 Å².